The normalized spacial score (nSPS) is 21.7. The van der Waals surface area contributed by atoms with Gasteiger partial charge in [-0.15, -0.1) is 11.3 Å². The van der Waals surface area contributed by atoms with Gasteiger partial charge in [0.05, 0.1) is 40.5 Å². The molecule has 0 amide bonds. The Hall–Kier alpha value is -1.86. The average molecular weight is 321 g/mol. The van der Waals surface area contributed by atoms with Crippen molar-refractivity contribution in [2.24, 2.45) is 0 Å². The number of nitrogen functional groups attached to an aromatic ring is 1. The van der Waals surface area contributed by atoms with Crippen LogP contribution in [0.25, 0.3) is 10.2 Å². The Morgan fingerprint density at radius 3 is 3.18 bits per heavy atom. The van der Waals surface area contributed by atoms with Crippen LogP contribution in [0.2, 0.25) is 0 Å². The van der Waals surface area contributed by atoms with Gasteiger partial charge in [-0.05, 0) is 24.3 Å². The van der Waals surface area contributed by atoms with Gasteiger partial charge >= 0.3 is 5.97 Å². The second-order valence-corrected chi connectivity index (χ2v) is 6.32. The van der Waals surface area contributed by atoms with Crippen LogP contribution in [0.4, 0.5) is 11.4 Å². The number of nitrogens with one attached hydrogen (secondary N) is 1. The van der Waals surface area contributed by atoms with Crippen molar-refractivity contribution in [3.05, 3.63) is 17.6 Å². The number of ether oxygens (including phenoxy) is 2. The van der Waals surface area contributed by atoms with Gasteiger partial charge in [-0.25, -0.2) is 0 Å². The maximum absolute atomic E-state index is 10.8. The Balaban J connectivity index is 1.61. The van der Waals surface area contributed by atoms with E-state index in [4.69, 9.17) is 15.2 Å². The van der Waals surface area contributed by atoms with E-state index < -0.39 is 0 Å². The zero-order chi connectivity index (χ0) is 15.5. The molecule has 0 saturated carbocycles. The fourth-order valence-corrected chi connectivity index (χ4v) is 3.41. The van der Waals surface area contributed by atoms with E-state index in [0.29, 0.717) is 18.9 Å². The average Bonchev–Trinajstić information content (AvgIpc) is 2.98. The Morgan fingerprint density at radius 2 is 2.45 bits per heavy atom. The third-order valence-electron chi connectivity index (χ3n) is 3.69. The van der Waals surface area contributed by atoms with Crippen molar-refractivity contribution < 1.29 is 14.3 Å². The number of nitrogens with two attached hydrogens (primary N) is 1. The number of carbonyl (C=O) groups excluding carboxylic acids is 1. The Kier molecular flexibility index (Phi) is 4.44. The minimum absolute atomic E-state index is 0.0153. The summed E-state index contributed by atoms with van der Waals surface area (Å²) in [6.45, 7) is 2.31. The van der Waals surface area contributed by atoms with Gasteiger partial charge in [-0.2, -0.15) is 0 Å². The summed E-state index contributed by atoms with van der Waals surface area (Å²) >= 11 is 1.63. The van der Waals surface area contributed by atoms with E-state index in [1.54, 1.807) is 17.5 Å². The summed E-state index contributed by atoms with van der Waals surface area (Å²) in [6, 6.07) is 2.18. The lowest BCUT2D eigenvalue weighted by atomic mass is 10.0. The van der Waals surface area contributed by atoms with E-state index in [1.165, 1.54) is 6.92 Å². The maximum atomic E-state index is 10.8. The van der Waals surface area contributed by atoms with Gasteiger partial charge in [0.2, 0.25) is 0 Å². The van der Waals surface area contributed by atoms with E-state index in [0.717, 1.165) is 28.7 Å². The van der Waals surface area contributed by atoms with Crippen LogP contribution in [0.3, 0.4) is 0 Å². The van der Waals surface area contributed by atoms with Gasteiger partial charge in [0.15, 0.2) is 0 Å². The van der Waals surface area contributed by atoms with Crippen molar-refractivity contribution in [3.8, 4) is 0 Å². The molecule has 22 heavy (non-hydrogen) atoms. The molecule has 0 aliphatic carbocycles. The first-order chi connectivity index (χ1) is 10.6. The molecule has 3 heterocycles. The number of pyridine rings is 1. The number of fused-ring (bicyclic) bond motifs is 1. The van der Waals surface area contributed by atoms with Crippen LogP contribution in [0.5, 0.6) is 0 Å². The molecule has 2 aromatic heterocycles. The van der Waals surface area contributed by atoms with Crippen molar-refractivity contribution in [2.45, 2.75) is 31.9 Å². The molecule has 118 valence electrons. The zero-order valence-corrected chi connectivity index (χ0v) is 13.2. The molecular weight excluding hydrogens is 302 g/mol. The number of hydrogen-bond acceptors (Lipinski definition) is 7. The fraction of sp³-hybridized carbons (Fsp3) is 0.467. The summed E-state index contributed by atoms with van der Waals surface area (Å²) in [6.07, 6.45) is 3.47. The third kappa shape index (κ3) is 3.31. The number of thiophene rings is 1. The van der Waals surface area contributed by atoms with E-state index in [-0.39, 0.29) is 18.1 Å². The van der Waals surface area contributed by atoms with Crippen molar-refractivity contribution in [1.82, 2.24) is 4.98 Å². The Bertz CT molecular complexity index is 665. The SMILES string of the molecule is CC(=O)OCC1CCC(Nc2c(N)cnc3ccsc23)CO1. The topological polar surface area (TPSA) is 86.5 Å². The first-order valence-electron chi connectivity index (χ1n) is 7.26. The standard InChI is InChI=1S/C15H19N3O3S/c1-9(19)20-8-11-3-2-10(7-21-11)18-14-12(16)6-17-13-4-5-22-15(13)14/h4-6,10-11H,2-3,7-8,16H2,1H3,(H,17,18). The van der Waals surface area contributed by atoms with Gasteiger partial charge in [-0.3, -0.25) is 9.78 Å². The number of nitrogens with zero attached hydrogens (tertiary/aromatic N) is 1. The van der Waals surface area contributed by atoms with E-state index >= 15 is 0 Å². The summed E-state index contributed by atoms with van der Waals surface area (Å²) < 4.78 is 11.8. The van der Waals surface area contributed by atoms with Crippen molar-refractivity contribution in [1.29, 1.82) is 0 Å². The summed E-state index contributed by atoms with van der Waals surface area (Å²) in [5.41, 5.74) is 8.59. The molecule has 2 unspecified atom stereocenters. The van der Waals surface area contributed by atoms with Gasteiger partial charge in [0, 0.05) is 13.0 Å². The van der Waals surface area contributed by atoms with E-state index in [1.807, 2.05) is 11.4 Å². The molecule has 3 N–H and O–H groups in total. The predicted octanol–water partition coefficient (Wildman–Crippen LogP) is 2.40. The molecule has 1 aliphatic heterocycles. The van der Waals surface area contributed by atoms with Crippen LogP contribution < -0.4 is 11.1 Å². The lowest BCUT2D eigenvalue weighted by molar-refractivity contribution is -0.146. The molecule has 6 nitrogen and oxygen atoms in total. The summed E-state index contributed by atoms with van der Waals surface area (Å²) in [4.78, 5) is 15.1. The van der Waals surface area contributed by atoms with Crippen LogP contribution in [0.1, 0.15) is 19.8 Å². The van der Waals surface area contributed by atoms with Crippen LogP contribution in [0, 0.1) is 0 Å². The lowest BCUT2D eigenvalue weighted by Gasteiger charge is -2.30. The lowest BCUT2D eigenvalue weighted by Crippen LogP contribution is -2.37. The highest BCUT2D eigenvalue weighted by atomic mass is 32.1. The molecule has 7 heteroatoms. The van der Waals surface area contributed by atoms with Crippen LogP contribution in [-0.2, 0) is 14.3 Å². The van der Waals surface area contributed by atoms with Gasteiger partial charge in [0.25, 0.3) is 0 Å². The monoisotopic (exact) mass is 321 g/mol. The molecule has 0 bridgehead atoms. The molecule has 1 saturated heterocycles. The van der Waals surface area contributed by atoms with Crippen molar-refractivity contribution in [3.63, 3.8) is 0 Å². The number of carbonyl (C=O) groups is 1. The third-order valence-corrected chi connectivity index (χ3v) is 4.62. The van der Waals surface area contributed by atoms with Gasteiger partial charge in [-0.1, -0.05) is 0 Å². The van der Waals surface area contributed by atoms with Crippen LogP contribution in [0.15, 0.2) is 17.6 Å². The van der Waals surface area contributed by atoms with Crippen LogP contribution in [-0.4, -0.2) is 36.3 Å². The summed E-state index contributed by atoms with van der Waals surface area (Å²) in [5.74, 6) is -0.270. The number of aromatic nitrogens is 1. The molecule has 2 atom stereocenters. The van der Waals surface area contributed by atoms with Gasteiger partial charge < -0.3 is 20.5 Å². The highest BCUT2D eigenvalue weighted by Crippen LogP contribution is 2.33. The molecule has 0 aromatic carbocycles. The molecular formula is C15H19N3O3S. The largest absolute Gasteiger partial charge is 0.463 e. The number of esters is 1. The fourth-order valence-electron chi connectivity index (χ4n) is 2.54. The Morgan fingerprint density at radius 1 is 1.59 bits per heavy atom. The number of rotatable bonds is 4. The first kappa shape index (κ1) is 15.1. The van der Waals surface area contributed by atoms with E-state index in [9.17, 15) is 4.79 Å². The quantitative estimate of drug-likeness (QED) is 0.841. The molecule has 0 radical (unpaired) electrons. The number of hydrogen-bond donors (Lipinski definition) is 2. The minimum atomic E-state index is -0.270. The molecule has 2 aromatic rings. The second kappa shape index (κ2) is 6.50. The number of anilines is 2. The zero-order valence-electron chi connectivity index (χ0n) is 12.4. The second-order valence-electron chi connectivity index (χ2n) is 5.40. The highest BCUT2D eigenvalue weighted by molar-refractivity contribution is 7.17. The maximum Gasteiger partial charge on any atom is 0.302 e. The van der Waals surface area contributed by atoms with Gasteiger partial charge in [0.1, 0.15) is 6.61 Å². The first-order valence-corrected chi connectivity index (χ1v) is 8.14. The van der Waals surface area contributed by atoms with Crippen molar-refractivity contribution in [2.75, 3.05) is 24.3 Å². The van der Waals surface area contributed by atoms with Crippen molar-refractivity contribution >= 4 is 38.9 Å². The molecule has 0 spiro atoms. The van der Waals surface area contributed by atoms with E-state index in [2.05, 4.69) is 10.3 Å². The summed E-state index contributed by atoms with van der Waals surface area (Å²) in [5, 5.41) is 5.49. The van der Waals surface area contributed by atoms with Crippen LogP contribution >= 0.6 is 11.3 Å². The molecule has 3 rings (SSSR count). The minimum Gasteiger partial charge on any atom is -0.463 e. The molecule has 1 fully saturated rings. The smallest absolute Gasteiger partial charge is 0.302 e. The molecule has 1 aliphatic rings. The predicted molar refractivity (Wildman–Crippen MR) is 87.1 cm³/mol. The highest BCUT2D eigenvalue weighted by Gasteiger charge is 2.23. The summed E-state index contributed by atoms with van der Waals surface area (Å²) in [7, 11) is 0. The Labute approximate surface area is 132 Å².